The van der Waals surface area contributed by atoms with E-state index in [2.05, 4.69) is 27.8 Å². The quantitative estimate of drug-likeness (QED) is 0.727. The first-order chi connectivity index (χ1) is 12.1. The maximum atomic E-state index is 12.2. The molecule has 2 amide bonds. The molecule has 1 aromatic carbocycles. The second-order valence-corrected chi connectivity index (χ2v) is 6.41. The third-order valence-electron chi connectivity index (χ3n) is 3.70. The first-order valence-corrected chi connectivity index (χ1v) is 8.61. The van der Waals surface area contributed by atoms with Gasteiger partial charge in [-0.2, -0.15) is 0 Å². The van der Waals surface area contributed by atoms with Gasteiger partial charge < -0.3 is 10.6 Å². The molecule has 5 heteroatoms. The normalized spacial score (nSPS) is 10.5. The second-order valence-electron chi connectivity index (χ2n) is 6.41. The van der Waals surface area contributed by atoms with Crippen molar-refractivity contribution < 1.29 is 9.59 Å². The molecular weight excluding hydrogens is 314 g/mol. The number of hydrogen-bond donors (Lipinski definition) is 2. The Balaban J connectivity index is 1.83. The Labute approximate surface area is 148 Å². The lowest BCUT2D eigenvalue weighted by Crippen LogP contribution is -2.28. The number of pyridine rings is 1. The van der Waals surface area contributed by atoms with E-state index in [0.717, 1.165) is 12.8 Å². The summed E-state index contributed by atoms with van der Waals surface area (Å²) in [6.07, 6.45) is 4.72. The van der Waals surface area contributed by atoms with Crippen LogP contribution >= 0.6 is 0 Å². The minimum Gasteiger partial charge on any atom is -0.352 e. The molecule has 0 aliphatic rings. The molecule has 2 N–H and O–H groups in total. The fraction of sp³-hybridized carbons (Fsp3) is 0.350. The maximum Gasteiger partial charge on any atom is 0.252 e. The standard InChI is InChI=1S/C20H25N3O2/c1-15(2)12-23-20(25)18-11-17(13-21-14-18)19(24)22-10-6-9-16-7-4-3-5-8-16/h3-5,7-8,11,13-15H,6,9-10,12H2,1-2H3,(H,22,24)(H,23,25). The van der Waals surface area contributed by atoms with Gasteiger partial charge in [-0.3, -0.25) is 14.6 Å². The molecule has 0 saturated carbocycles. The van der Waals surface area contributed by atoms with Crippen LogP contribution in [0.1, 0.15) is 46.5 Å². The van der Waals surface area contributed by atoms with E-state index in [1.807, 2.05) is 32.0 Å². The smallest absolute Gasteiger partial charge is 0.252 e. The molecule has 0 radical (unpaired) electrons. The van der Waals surface area contributed by atoms with Crippen LogP contribution in [0.2, 0.25) is 0 Å². The Morgan fingerprint density at radius 2 is 1.64 bits per heavy atom. The third kappa shape index (κ3) is 6.37. The highest BCUT2D eigenvalue weighted by molar-refractivity contribution is 5.99. The first kappa shape index (κ1) is 18.6. The predicted molar refractivity (Wildman–Crippen MR) is 98.5 cm³/mol. The summed E-state index contributed by atoms with van der Waals surface area (Å²) in [5, 5.41) is 5.70. The van der Waals surface area contributed by atoms with Crippen LogP contribution in [0.3, 0.4) is 0 Å². The van der Waals surface area contributed by atoms with Crippen molar-refractivity contribution in [3.8, 4) is 0 Å². The van der Waals surface area contributed by atoms with Crippen molar-refractivity contribution in [2.45, 2.75) is 26.7 Å². The average molecular weight is 339 g/mol. The van der Waals surface area contributed by atoms with Crippen molar-refractivity contribution in [3.05, 3.63) is 65.5 Å². The Morgan fingerprint density at radius 3 is 2.28 bits per heavy atom. The monoisotopic (exact) mass is 339 g/mol. The Kier molecular flexibility index (Phi) is 7.14. The highest BCUT2D eigenvalue weighted by Gasteiger charge is 2.11. The number of aryl methyl sites for hydroxylation is 1. The van der Waals surface area contributed by atoms with Crippen molar-refractivity contribution in [1.29, 1.82) is 0 Å². The van der Waals surface area contributed by atoms with E-state index < -0.39 is 0 Å². The first-order valence-electron chi connectivity index (χ1n) is 8.61. The predicted octanol–water partition coefficient (Wildman–Crippen LogP) is 2.83. The molecule has 1 heterocycles. The molecule has 1 aromatic heterocycles. The second kappa shape index (κ2) is 9.57. The lowest BCUT2D eigenvalue weighted by Gasteiger charge is -2.09. The summed E-state index contributed by atoms with van der Waals surface area (Å²) in [6.45, 7) is 5.22. The molecular formula is C20H25N3O2. The van der Waals surface area contributed by atoms with Crippen molar-refractivity contribution in [2.24, 2.45) is 5.92 Å². The summed E-state index contributed by atoms with van der Waals surface area (Å²) in [6, 6.07) is 11.7. The lowest BCUT2D eigenvalue weighted by atomic mass is 10.1. The number of nitrogens with zero attached hydrogens (tertiary/aromatic N) is 1. The minimum absolute atomic E-state index is 0.208. The van der Waals surface area contributed by atoms with Gasteiger partial charge in [-0.05, 0) is 30.4 Å². The zero-order valence-electron chi connectivity index (χ0n) is 14.8. The highest BCUT2D eigenvalue weighted by Crippen LogP contribution is 2.05. The summed E-state index contributed by atoms with van der Waals surface area (Å²) in [7, 11) is 0. The van der Waals surface area contributed by atoms with Gasteiger partial charge in [0.25, 0.3) is 11.8 Å². The van der Waals surface area contributed by atoms with Gasteiger partial charge in [0.05, 0.1) is 11.1 Å². The number of nitrogens with one attached hydrogen (secondary N) is 2. The summed E-state index contributed by atoms with van der Waals surface area (Å²) >= 11 is 0. The van der Waals surface area contributed by atoms with Crippen molar-refractivity contribution in [3.63, 3.8) is 0 Å². The van der Waals surface area contributed by atoms with E-state index in [-0.39, 0.29) is 11.8 Å². The molecule has 0 bridgehead atoms. The zero-order chi connectivity index (χ0) is 18.1. The van der Waals surface area contributed by atoms with Gasteiger partial charge in [0.1, 0.15) is 0 Å². The number of hydrogen-bond acceptors (Lipinski definition) is 3. The summed E-state index contributed by atoms with van der Waals surface area (Å²) in [5.74, 6) is -0.0491. The van der Waals surface area contributed by atoms with Crippen molar-refractivity contribution in [1.82, 2.24) is 15.6 Å². The van der Waals surface area contributed by atoms with Crippen LogP contribution in [0, 0.1) is 5.92 Å². The molecule has 2 rings (SSSR count). The van der Waals surface area contributed by atoms with Crippen LogP contribution in [0.4, 0.5) is 0 Å². The van der Waals surface area contributed by atoms with Crippen LogP contribution < -0.4 is 10.6 Å². The van der Waals surface area contributed by atoms with Gasteiger partial charge >= 0.3 is 0 Å². The van der Waals surface area contributed by atoms with Gasteiger partial charge in [-0.1, -0.05) is 44.2 Å². The van der Waals surface area contributed by atoms with Crippen LogP contribution in [0.15, 0.2) is 48.8 Å². The topological polar surface area (TPSA) is 71.1 Å². The molecule has 0 saturated heterocycles. The molecule has 0 atom stereocenters. The summed E-state index contributed by atoms with van der Waals surface area (Å²) < 4.78 is 0. The Morgan fingerprint density at radius 1 is 1.00 bits per heavy atom. The zero-order valence-corrected chi connectivity index (χ0v) is 14.8. The maximum absolute atomic E-state index is 12.2. The molecule has 5 nitrogen and oxygen atoms in total. The lowest BCUT2D eigenvalue weighted by molar-refractivity contribution is 0.0948. The van der Waals surface area contributed by atoms with E-state index in [4.69, 9.17) is 0 Å². The van der Waals surface area contributed by atoms with E-state index in [9.17, 15) is 9.59 Å². The fourth-order valence-corrected chi connectivity index (χ4v) is 2.33. The van der Waals surface area contributed by atoms with Gasteiger partial charge in [0, 0.05) is 25.5 Å². The van der Waals surface area contributed by atoms with E-state index in [0.29, 0.717) is 30.1 Å². The van der Waals surface area contributed by atoms with E-state index in [1.165, 1.54) is 18.0 Å². The molecule has 0 unspecified atom stereocenters. The van der Waals surface area contributed by atoms with Gasteiger partial charge in [-0.25, -0.2) is 0 Å². The van der Waals surface area contributed by atoms with E-state index >= 15 is 0 Å². The van der Waals surface area contributed by atoms with Gasteiger partial charge in [-0.15, -0.1) is 0 Å². The molecule has 25 heavy (non-hydrogen) atoms. The van der Waals surface area contributed by atoms with Crippen LogP contribution in [0.5, 0.6) is 0 Å². The van der Waals surface area contributed by atoms with Crippen molar-refractivity contribution in [2.75, 3.05) is 13.1 Å². The number of rotatable bonds is 8. The van der Waals surface area contributed by atoms with Crippen LogP contribution in [-0.2, 0) is 6.42 Å². The fourth-order valence-electron chi connectivity index (χ4n) is 2.33. The SMILES string of the molecule is CC(C)CNC(=O)c1cncc(C(=O)NCCCc2ccccc2)c1. The third-order valence-corrected chi connectivity index (χ3v) is 3.70. The molecule has 0 spiro atoms. The number of benzene rings is 1. The number of carbonyl (C=O) groups is 2. The molecule has 132 valence electrons. The minimum atomic E-state index is -0.209. The Hall–Kier alpha value is -2.69. The van der Waals surface area contributed by atoms with Crippen LogP contribution in [-0.4, -0.2) is 29.9 Å². The molecule has 0 aliphatic carbocycles. The average Bonchev–Trinajstić information content (AvgIpc) is 2.64. The van der Waals surface area contributed by atoms with E-state index in [1.54, 1.807) is 6.07 Å². The molecule has 0 fully saturated rings. The van der Waals surface area contributed by atoms with Crippen LogP contribution in [0.25, 0.3) is 0 Å². The number of amides is 2. The molecule has 2 aromatic rings. The Bertz CT molecular complexity index is 699. The number of carbonyl (C=O) groups excluding carboxylic acids is 2. The van der Waals surface area contributed by atoms with Gasteiger partial charge in [0.2, 0.25) is 0 Å². The largest absolute Gasteiger partial charge is 0.352 e. The van der Waals surface area contributed by atoms with Crippen molar-refractivity contribution >= 4 is 11.8 Å². The summed E-state index contributed by atoms with van der Waals surface area (Å²) in [5.41, 5.74) is 2.05. The van der Waals surface area contributed by atoms with Gasteiger partial charge in [0.15, 0.2) is 0 Å². The number of aromatic nitrogens is 1. The summed E-state index contributed by atoms with van der Waals surface area (Å²) in [4.78, 5) is 28.3. The molecule has 0 aliphatic heterocycles. The highest BCUT2D eigenvalue weighted by atomic mass is 16.2.